The first-order valence-electron chi connectivity index (χ1n) is 8.63. The van der Waals surface area contributed by atoms with E-state index in [2.05, 4.69) is 22.4 Å². The van der Waals surface area contributed by atoms with Crippen LogP contribution in [0.1, 0.15) is 5.56 Å². The average molecular weight is 373 g/mol. The van der Waals surface area contributed by atoms with Gasteiger partial charge in [-0.2, -0.15) is 5.10 Å². The number of nitrogens with one attached hydrogen (secondary N) is 2. The Morgan fingerprint density at radius 3 is 2.50 bits per heavy atom. The van der Waals surface area contributed by atoms with Crippen molar-refractivity contribution in [2.45, 2.75) is 0 Å². The quantitative estimate of drug-likeness (QED) is 0.300. The Labute approximate surface area is 162 Å². The van der Waals surface area contributed by atoms with E-state index >= 15 is 0 Å². The summed E-state index contributed by atoms with van der Waals surface area (Å²) in [6.45, 7) is 3.96. The molecule has 0 bridgehead atoms. The molecule has 0 aliphatic heterocycles. The molecule has 0 radical (unpaired) electrons. The number of ether oxygens (including phenoxy) is 1. The number of fused-ring (bicyclic) bond motifs is 1. The van der Waals surface area contributed by atoms with E-state index < -0.39 is 11.8 Å². The van der Waals surface area contributed by atoms with E-state index in [1.165, 1.54) is 6.21 Å². The predicted octanol–water partition coefficient (Wildman–Crippen LogP) is 3.49. The zero-order valence-electron chi connectivity index (χ0n) is 15.1. The Morgan fingerprint density at radius 1 is 0.964 bits per heavy atom. The Bertz CT molecular complexity index is 1020. The van der Waals surface area contributed by atoms with Crippen molar-refractivity contribution in [2.75, 3.05) is 11.9 Å². The number of hydrogen-bond acceptors (Lipinski definition) is 4. The molecule has 2 N–H and O–H groups in total. The molecule has 6 nitrogen and oxygen atoms in total. The van der Waals surface area contributed by atoms with Gasteiger partial charge in [0.2, 0.25) is 0 Å². The molecule has 0 aromatic heterocycles. The van der Waals surface area contributed by atoms with Gasteiger partial charge in [0.05, 0.1) is 6.21 Å². The third-order valence-electron chi connectivity index (χ3n) is 3.88. The minimum absolute atomic E-state index is 0.392. The van der Waals surface area contributed by atoms with Crippen molar-refractivity contribution in [3.8, 4) is 5.75 Å². The summed E-state index contributed by atoms with van der Waals surface area (Å²) in [4.78, 5) is 23.9. The topological polar surface area (TPSA) is 79.8 Å². The van der Waals surface area contributed by atoms with Crippen LogP contribution in [0.3, 0.4) is 0 Å². The van der Waals surface area contributed by atoms with E-state index in [9.17, 15) is 9.59 Å². The Balaban J connectivity index is 1.57. The number of amides is 2. The van der Waals surface area contributed by atoms with Gasteiger partial charge in [0.1, 0.15) is 12.4 Å². The molecule has 2 amide bonds. The van der Waals surface area contributed by atoms with Gasteiger partial charge in [-0.1, -0.05) is 55.1 Å². The summed E-state index contributed by atoms with van der Waals surface area (Å²) in [5.74, 6) is -1.03. The van der Waals surface area contributed by atoms with E-state index in [0.29, 0.717) is 18.0 Å². The summed E-state index contributed by atoms with van der Waals surface area (Å²) in [5.41, 5.74) is 3.56. The van der Waals surface area contributed by atoms with E-state index in [0.717, 1.165) is 16.3 Å². The molecule has 0 atom stereocenters. The zero-order valence-corrected chi connectivity index (χ0v) is 15.1. The Morgan fingerprint density at radius 2 is 1.71 bits per heavy atom. The molecule has 0 spiro atoms. The molecule has 140 valence electrons. The number of anilines is 1. The highest BCUT2D eigenvalue weighted by Gasteiger charge is 2.12. The first-order valence-corrected chi connectivity index (χ1v) is 8.63. The fraction of sp³-hybridized carbons (Fsp3) is 0.0455. The maximum Gasteiger partial charge on any atom is 0.329 e. The van der Waals surface area contributed by atoms with Crippen LogP contribution in [0.4, 0.5) is 5.69 Å². The summed E-state index contributed by atoms with van der Waals surface area (Å²) in [6.07, 6.45) is 3.15. The molecule has 0 aliphatic carbocycles. The van der Waals surface area contributed by atoms with Crippen molar-refractivity contribution in [1.82, 2.24) is 5.43 Å². The van der Waals surface area contributed by atoms with Gasteiger partial charge in [-0.15, -0.1) is 0 Å². The van der Waals surface area contributed by atoms with E-state index in [-0.39, 0.29) is 0 Å². The highest BCUT2D eigenvalue weighted by atomic mass is 16.5. The van der Waals surface area contributed by atoms with Gasteiger partial charge < -0.3 is 10.1 Å². The lowest BCUT2D eigenvalue weighted by atomic mass is 10.1. The van der Waals surface area contributed by atoms with Crippen molar-refractivity contribution in [1.29, 1.82) is 0 Å². The number of rotatable bonds is 6. The van der Waals surface area contributed by atoms with Gasteiger partial charge in [0.25, 0.3) is 0 Å². The minimum Gasteiger partial charge on any atom is -0.490 e. The molecule has 0 fully saturated rings. The lowest BCUT2D eigenvalue weighted by molar-refractivity contribution is -0.136. The van der Waals surface area contributed by atoms with Crippen LogP contribution in [-0.4, -0.2) is 24.6 Å². The third kappa shape index (κ3) is 4.82. The van der Waals surface area contributed by atoms with Gasteiger partial charge in [0, 0.05) is 11.3 Å². The van der Waals surface area contributed by atoms with Gasteiger partial charge in [-0.3, -0.25) is 9.59 Å². The summed E-state index contributed by atoms with van der Waals surface area (Å²) < 4.78 is 5.36. The average Bonchev–Trinajstić information content (AvgIpc) is 2.73. The summed E-state index contributed by atoms with van der Waals surface area (Å²) in [5, 5.41) is 8.46. The van der Waals surface area contributed by atoms with Crippen molar-refractivity contribution >= 4 is 34.5 Å². The number of hydrazone groups is 1. The van der Waals surface area contributed by atoms with Crippen LogP contribution in [0.25, 0.3) is 10.8 Å². The van der Waals surface area contributed by atoms with Crippen molar-refractivity contribution in [3.05, 3.63) is 84.9 Å². The highest BCUT2D eigenvalue weighted by molar-refractivity contribution is 6.39. The monoisotopic (exact) mass is 373 g/mol. The summed E-state index contributed by atoms with van der Waals surface area (Å²) in [7, 11) is 0. The molecular formula is C22H19N3O3. The molecule has 28 heavy (non-hydrogen) atoms. The summed E-state index contributed by atoms with van der Waals surface area (Å²) >= 11 is 0. The second-order valence-electron chi connectivity index (χ2n) is 5.85. The van der Waals surface area contributed by atoms with Gasteiger partial charge in [-0.25, -0.2) is 5.43 Å². The molecule has 6 heteroatoms. The van der Waals surface area contributed by atoms with Crippen molar-refractivity contribution in [2.24, 2.45) is 5.10 Å². The van der Waals surface area contributed by atoms with Crippen LogP contribution < -0.4 is 15.5 Å². The zero-order chi connectivity index (χ0) is 19.8. The number of benzene rings is 3. The molecule has 3 aromatic rings. The lowest BCUT2D eigenvalue weighted by Crippen LogP contribution is -2.32. The molecule has 0 saturated carbocycles. The van der Waals surface area contributed by atoms with Crippen LogP contribution in [-0.2, 0) is 9.59 Å². The highest BCUT2D eigenvalue weighted by Crippen LogP contribution is 2.17. The second-order valence-corrected chi connectivity index (χ2v) is 5.85. The molecule has 0 unspecified atom stereocenters. The van der Waals surface area contributed by atoms with Gasteiger partial charge in [0.15, 0.2) is 0 Å². The maximum absolute atomic E-state index is 12.0. The lowest BCUT2D eigenvalue weighted by Gasteiger charge is -2.06. The molecule has 3 rings (SSSR count). The third-order valence-corrected chi connectivity index (χ3v) is 3.88. The van der Waals surface area contributed by atoms with Crippen molar-refractivity contribution < 1.29 is 14.3 Å². The SMILES string of the molecule is C=CCOc1ccc(NC(=O)C(=O)N/N=C\c2cccc3ccccc23)cc1. The maximum atomic E-state index is 12.0. The predicted molar refractivity (Wildman–Crippen MR) is 110 cm³/mol. The van der Waals surface area contributed by atoms with Crippen molar-refractivity contribution in [3.63, 3.8) is 0 Å². The first-order chi connectivity index (χ1) is 13.7. The molecule has 0 aliphatic rings. The van der Waals surface area contributed by atoms with Gasteiger partial charge in [-0.05, 0) is 35.0 Å². The molecule has 0 heterocycles. The molecular weight excluding hydrogens is 354 g/mol. The van der Waals surface area contributed by atoms with Crippen LogP contribution in [0.15, 0.2) is 84.5 Å². The number of hydrogen-bond donors (Lipinski definition) is 2. The van der Waals surface area contributed by atoms with E-state index in [4.69, 9.17) is 4.74 Å². The van der Waals surface area contributed by atoms with Crippen LogP contribution >= 0.6 is 0 Å². The normalized spacial score (nSPS) is 10.6. The Hall–Kier alpha value is -3.93. The van der Waals surface area contributed by atoms with Crippen LogP contribution in [0.2, 0.25) is 0 Å². The molecule has 3 aromatic carbocycles. The van der Waals surface area contributed by atoms with Crippen LogP contribution in [0.5, 0.6) is 5.75 Å². The fourth-order valence-electron chi connectivity index (χ4n) is 2.55. The standard InChI is InChI=1S/C22H19N3O3/c1-2-14-28-19-12-10-18(11-13-19)24-21(26)22(27)25-23-15-17-8-5-7-16-6-3-4-9-20(16)17/h2-13,15H,1,14H2,(H,24,26)(H,25,27)/b23-15-. The first kappa shape index (κ1) is 18.8. The number of carbonyl (C=O) groups excluding carboxylic acids is 2. The van der Waals surface area contributed by atoms with Gasteiger partial charge >= 0.3 is 11.8 Å². The number of nitrogens with zero attached hydrogens (tertiary/aromatic N) is 1. The van der Waals surface area contributed by atoms with E-state index in [1.807, 2.05) is 42.5 Å². The minimum atomic E-state index is -0.858. The van der Waals surface area contributed by atoms with Crippen LogP contribution in [0, 0.1) is 0 Å². The largest absolute Gasteiger partial charge is 0.490 e. The molecule has 0 saturated heterocycles. The number of carbonyl (C=O) groups is 2. The summed E-state index contributed by atoms with van der Waals surface area (Å²) in [6, 6.07) is 20.3. The Kier molecular flexibility index (Phi) is 6.15. The smallest absolute Gasteiger partial charge is 0.329 e. The van der Waals surface area contributed by atoms with E-state index in [1.54, 1.807) is 30.3 Å². The fourth-order valence-corrected chi connectivity index (χ4v) is 2.55. The second kappa shape index (κ2) is 9.14.